The summed E-state index contributed by atoms with van der Waals surface area (Å²) in [7, 11) is 0. The van der Waals surface area contributed by atoms with E-state index in [0.717, 1.165) is 34.4 Å². The van der Waals surface area contributed by atoms with E-state index in [1.807, 2.05) is 22.7 Å². The van der Waals surface area contributed by atoms with Gasteiger partial charge in [0.25, 0.3) is 0 Å². The molecule has 0 N–H and O–H groups in total. The molecule has 3 heterocycles. The van der Waals surface area contributed by atoms with E-state index in [1.54, 1.807) is 6.07 Å². The number of hydrogen-bond donors (Lipinski definition) is 0. The van der Waals surface area contributed by atoms with Gasteiger partial charge in [0, 0.05) is 37.7 Å². The topological polar surface area (TPSA) is 36.4 Å². The van der Waals surface area contributed by atoms with Crippen molar-refractivity contribution in [1.82, 2.24) is 9.88 Å². The molecule has 0 radical (unpaired) electrons. The Morgan fingerprint density at radius 1 is 1.27 bits per heavy atom. The van der Waals surface area contributed by atoms with Crippen molar-refractivity contribution >= 4 is 44.4 Å². The highest BCUT2D eigenvalue weighted by molar-refractivity contribution is 7.99. The van der Waals surface area contributed by atoms with E-state index in [-0.39, 0.29) is 17.6 Å². The minimum atomic E-state index is -0.279. The molecule has 2 aromatic rings. The van der Waals surface area contributed by atoms with E-state index in [4.69, 9.17) is 0 Å². The molecule has 22 heavy (non-hydrogen) atoms. The van der Waals surface area contributed by atoms with E-state index in [2.05, 4.69) is 9.88 Å². The highest BCUT2D eigenvalue weighted by Gasteiger charge is 2.37. The van der Waals surface area contributed by atoms with Gasteiger partial charge in [0.1, 0.15) is 11.3 Å². The number of hydrogen-bond acceptors (Lipinski definition) is 5. The van der Waals surface area contributed by atoms with Crippen molar-refractivity contribution < 1.29 is 9.18 Å². The minimum absolute atomic E-state index is 0.0694. The Morgan fingerprint density at radius 2 is 2.05 bits per heavy atom. The van der Waals surface area contributed by atoms with Crippen LogP contribution < -0.4 is 4.90 Å². The second-order valence-electron chi connectivity index (χ2n) is 5.62. The van der Waals surface area contributed by atoms with Gasteiger partial charge in [-0.2, -0.15) is 11.8 Å². The van der Waals surface area contributed by atoms with E-state index in [0.29, 0.717) is 18.6 Å². The van der Waals surface area contributed by atoms with Gasteiger partial charge < -0.3 is 9.80 Å². The number of anilines is 1. The summed E-state index contributed by atoms with van der Waals surface area (Å²) in [5, 5.41) is 0.818. The number of carbonyl (C=O) groups is 1. The minimum Gasteiger partial charge on any atom is -0.346 e. The van der Waals surface area contributed by atoms with Gasteiger partial charge in [0.15, 0.2) is 5.13 Å². The molecule has 7 heteroatoms. The molecule has 0 aliphatic carbocycles. The lowest BCUT2D eigenvalue weighted by molar-refractivity contribution is -0.135. The van der Waals surface area contributed by atoms with Crippen molar-refractivity contribution in [2.75, 3.05) is 42.6 Å². The first kappa shape index (κ1) is 14.3. The molecule has 1 amide bonds. The molecule has 2 aliphatic rings. The van der Waals surface area contributed by atoms with Gasteiger partial charge in [-0.1, -0.05) is 17.4 Å². The number of amides is 1. The van der Waals surface area contributed by atoms with Gasteiger partial charge in [-0.25, -0.2) is 9.37 Å². The van der Waals surface area contributed by atoms with Gasteiger partial charge in [-0.15, -0.1) is 0 Å². The second-order valence-corrected chi connectivity index (χ2v) is 7.86. The monoisotopic (exact) mass is 337 g/mol. The molecule has 4 nitrogen and oxygen atoms in total. The van der Waals surface area contributed by atoms with Gasteiger partial charge in [-0.05, 0) is 12.1 Å². The Kier molecular flexibility index (Phi) is 3.69. The molecular weight excluding hydrogens is 321 g/mol. The van der Waals surface area contributed by atoms with Crippen molar-refractivity contribution in [2.24, 2.45) is 5.92 Å². The van der Waals surface area contributed by atoms with Crippen molar-refractivity contribution in [1.29, 1.82) is 0 Å². The summed E-state index contributed by atoms with van der Waals surface area (Å²) in [6.45, 7) is 3.13. The third-order valence-electron chi connectivity index (χ3n) is 4.18. The smallest absolute Gasteiger partial charge is 0.229 e. The maximum Gasteiger partial charge on any atom is 0.229 e. The van der Waals surface area contributed by atoms with Crippen molar-refractivity contribution in [3.05, 3.63) is 24.0 Å². The third kappa shape index (κ3) is 2.46. The summed E-state index contributed by atoms with van der Waals surface area (Å²) < 4.78 is 14.6. The molecule has 2 fully saturated rings. The Bertz CT molecular complexity index is 708. The molecule has 0 spiro atoms. The number of nitrogens with zero attached hydrogens (tertiary/aromatic N) is 3. The predicted octanol–water partition coefficient (Wildman–Crippen LogP) is 2.45. The van der Waals surface area contributed by atoms with Gasteiger partial charge in [0.05, 0.1) is 10.6 Å². The van der Waals surface area contributed by atoms with Crippen LogP contribution in [-0.2, 0) is 4.79 Å². The number of aromatic nitrogens is 1. The summed E-state index contributed by atoms with van der Waals surface area (Å²) in [6.07, 6.45) is 0. The maximum atomic E-state index is 13.7. The van der Waals surface area contributed by atoms with Crippen molar-refractivity contribution in [3.63, 3.8) is 0 Å². The van der Waals surface area contributed by atoms with Crippen LogP contribution in [0.2, 0.25) is 0 Å². The predicted molar refractivity (Wildman–Crippen MR) is 89.2 cm³/mol. The Balaban J connectivity index is 1.43. The zero-order chi connectivity index (χ0) is 15.1. The van der Waals surface area contributed by atoms with Gasteiger partial charge in [0.2, 0.25) is 5.91 Å². The molecule has 1 aromatic heterocycles. The first-order valence-electron chi connectivity index (χ1n) is 7.39. The number of rotatable bonds is 2. The fourth-order valence-corrected chi connectivity index (χ4v) is 4.77. The first-order valence-corrected chi connectivity index (χ1v) is 9.36. The van der Waals surface area contributed by atoms with Crippen LogP contribution in [0.4, 0.5) is 9.52 Å². The first-order chi connectivity index (χ1) is 10.7. The number of para-hydroxylation sites is 1. The highest BCUT2D eigenvalue weighted by atomic mass is 32.2. The Hall–Kier alpha value is -1.34. The normalized spacial score (nSPS) is 19.5. The van der Waals surface area contributed by atoms with Crippen LogP contribution in [0.3, 0.4) is 0 Å². The molecule has 0 unspecified atom stereocenters. The lowest BCUT2D eigenvalue weighted by Gasteiger charge is -2.41. The van der Waals surface area contributed by atoms with Crippen LogP contribution in [0.15, 0.2) is 18.2 Å². The van der Waals surface area contributed by atoms with E-state index in [1.165, 1.54) is 17.4 Å². The molecule has 2 aliphatic heterocycles. The lowest BCUT2D eigenvalue weighted by Crippen LogP contribution is -2.55. The number of carbonyl (C=O) groups excluding carboxylic acids is 1. The highest BCUT2D eigenvalue weighted by Crippen LogP contribution is 2.34. The lowest BCUT2D eigenvalue weighted by atomic mass is 9.99. The fraction of sp³-hybridized carbons (Fsp3) is 0.467. The number of benzene rings is 1. The molecule has 0 saturated carbocycles. The molecule has 116 valence electrons. The van der Waals surface area contributed by atoms with E-state index in [9.17, 15) is 9.18 Å². The third-order valence-corrected chi connectivity index (χ3v) is 6.21. The maximum absolute atomic E-state index is 13.7. The summed E-state index contributed by atoms with van der Waals surface area (Å²) in [6, 6.07) is 5.02. The summed E-state index contributed by atoms with van der Waals surface area (Å²) >= 11 is 3.40. The quantitative estimate of drug-likeness (QED) is 0.843. The largest absolute Gasteiger partial charge is 0.346 e. The Labute approximate surface area is 136 Å². The average Bonchev–Trinajstić information content (AvgIpc) is 2.91. The molecule has 4 rings (SSSR count). The zero-order valence-corrected chi connectivity index (χ0v) is 13.6. The second kappa shape index (κ2) is 5.70. The summed E-state index contributed by atoms with van der Waals surface area (Å²) in [4.78, 5) is 20.8. The van der Waals surface area contributed by atoms with E-state index < -0.39 is 0 Å². The molecule has 0 atom stereocenters. The number of halogens is 1. The van der Waals surface area contributed by atoms with Crippen LogP contribution in [0.25, 0.3) is 10.2 Å². The van der Waals surface area contributed by atoms with Gasteiger partial charge in [-0.3, -0.25) is 4.79 Å². The summed E-state index contributed by atoms with van der Waals surface area (Å²) in [5.41, 5.74) is 0.435. The number of thioether (sulfide) groups is 1. The molecular formula is C15H16FN3OS2. The van der Waals surface area contributed by atoms with Gasteiger partial charge >= 0.3 is 0 Å². The van der Waals surface area contributed by atoms with Crippen LogP contribution >= 0.6 is 23.1 Å². The summed E-state index contributed by atoms with van der Waals surface area (Å²) in [5.74, 6) is 2.14. The SMILES string of the molecule is O=C(C1CN(c2nc3c(F)cccc3s2)C1)N1CCSCC1. The van der Waals surface area contributed by atoms with Crippen molar-refractivity contribution in [3.8, 4) is 0 Å². The Morgan fingerprint density at radius 3 is 2.77 bits per heavy atom. The van der Waals surface area contributed by atoms with Crippen LogP contribution in [-0.4, -0.2) is 53.5 Å². The number of fused-ring (bicyclic) bond motifs is 1. The molecule has 1 aromatic carbocycles. The zero-order valence-electron chi connectivity index (χ0n) is 12.0. The number of thiazole rings is 1. The average molecular weight is 337 g/mol. The molecule has 2 saturated heterocycles. The molecule has 0 bridgehead atoms. The van der Waals surface area contributed by atoms with Crippen LogP contribution in [0.5, 0.6) is 0 Å². The van der Waals surface area contributed by atoms with Crippen molar-refractivity contribution in [2.45, 2.75) is 0 Å². The van der Waals surface area contributed by atoms with Crippen LogP contribution in [0.1, 0.15) is 0 Å². The van der Waals surface area contributed by atoms with Crippen LogP contribution in [0, 0.1) is 11.7 Å². The van der Waals surface area contributed by atoms with E-state index >= 15 is 0 Å². The standard InChI is InChI=1S/C15H16FN3OS2/c16-11-2-1-3-12-13(11)17-15(22-12)19-8-10(9-19)14(20)18-4-6-21-7-5-18/h1-3,10H,4-9H2. The fourth-order valence-electron chi connectivity index (χ4n) is 2.87.